The van der Waals surface area contributed by atoms with Crippen LogP contribution in [0.2, 0.25) is 0 Å². The quantitative estimate of drug-likeness (QED) is 0.798. The van der Waals surface area contributed by atoms with Gasteiger partial charge in [-0.25, -0.2) is 0 Å². The lowest BCUT2D eigenvalue weighted by Gasteiger charge is -2.14. The lowest BCUT2D eigenvalue weighted by Crippen LogP contribution is -2.26. The number of carbonyl (C=O) groups is 1. The first-order chi connectivity index (χ1) is 7.63. The van der Waals surface area contributed by atoms with Gasteiger partial charge in [0.25, 0.3) is 0 Å². The number of aryl methyl sites for hydroxylation is 1. The van der Waals surface area contributed by atoms with Crippen molar-refractivity contribution in [1.82, 2.24) is 5.32 Å². The second kappa shape index (κ2) is 6.28. The number of benzene rings is 1. The van der Waals surface area contributed by atoms with Gasteiger partial charge >= 0.3 is 0 Å². The third kappa shape index (κ3) is 4.03. The highest BCUT2D eigenvalue weighted by molar-refractivity contribution is 5.76. The van der Waals surface area contributed by atoms with E-state index in [1.54, 1.807) is 0 Å². The number of amides is 1. The van der Waals surface area contributed by atoms with Crippen LogP contribution in [0.4, 0.5) is 0 Å². The molecule has 1 aromatic carbocycles. The zero-order chi connectivity index (χ0) is 12.0. The van der Waals surface area contributed by atoms with E-state index >= 15 is 0 Å². The summed E-state index contributed by atoms with van der Waals surface area (Å²) < 4.78 is 0. The van der Waals surface area contributed by atoms with Gasteiger partial charge in [-0.05, 0) is 25.8 Å². The number of hydrogen-bond donors (Lipinski definition) is 2. The fourth-order valence-corrected chi connectivity index (χ4v) is 1.49. The van der Waals surface area contributed by atoms with Crippen molar-refractivity contribution in [2.24, 2.45) is 0 Å². The van der Waals surface area contributed by atoms with E-state index in [2.05, 4.69) is 5.32 Å². The van der Waals surface area contributed by atoms with Crippen LogP contribution in [0.15, 0.2) is 24.3 Å². The SMILES string of the molecule is Cc1ccc([C@H](C)NC(=O)CCCO)cc1. The van der Waals surface area contributed by atoms with Gasteiger partial charge in [0.1, 0.15) is 0 Å². The Morgan fingerprint density at radius 2 is 2.00 bits per heavy atom. The van der Waals surface area contributed by atoms with E-state index in [1.165, 1.54) is 5.56 Å². The molecule has 0 bridgehead atoms. The standard InChI is InChI=1S/C13H19NO2/c1-10-5-7-12(8-6-10)11(2)14-13(16)4-3-9-15/h5-8,11,15H,3-4,9H2,1-2H3,(H,14,16)/t11-/m0/s1. The van der Waals surface area contributed by atoms with E-state index in [9.17, 15) is 4.79 Å². The number of nitrogens with one attached hydrogen (secondary N) is 1. The Bertz CT molecular complexity index is 332. The molecule has 2 N–H and O–H groups in total. The molecule has 0 aromatic heterocycles. The molecule has 0 aliphatic rings. The topological polar surface area (TPSA) is 49.3 Å². The van der Waals surface area contributed by atoms with Gasteiger partial charge < -0.3 is 10.4 Å². The summed E-state index contributed by atoms with van der Waals surface area (Å²) in [6.07, 6.45) is 0.902. The molecule has 0 aliphatic carbocycles. The maximum absolute atomic E-state index is 11.4. The van der Waals surface area contributed by atoms with Crippen LogP contribution in [0.3, 0.4) is 0 Å². The number of aliphatic hydroxyl groups is 1. The van der Waals surface area contributed by atoms with Crippen molar-refractivity contribution in [2.75, 3.05) is 6.61 Å². The third-order valence-corrected chi connectivity index (χ3v) is 2.52. The van der Waals surface area contributed by atoms with Crippen molar-refractivity contribution in [1.29, 1.82) is 0 Å². The first-order valence-electron chi connectivity index (χ1n) is 5.60. The molecule has 16 heavy (non-hydrogen) atoms. The minimum atomic E-state index is -0.0119. The van der Waals surface area contributed by atoms with E-state index in [-0.39, 0.29) is 18.6 Å². The Morgan fingerprint density at radius 1 is 1.38 bits per heavy atom. The molecular weight excluding hydrogens is 202 g/mol. The first kappa shape index (κ1) is 12.7. The van der Waals surface area contributed by atoms with Gasteiger partial charge in [-0.1, -0.05) is 29.8 Å². The minimum Gasteiger partial charge on any atom is -0.396 e. The summed E-state index contributed by atoms with van der Waals surface area (Å²) >= 11 is 0. The molecule has 1 atom stereocenters. The average Bonchev–Trinajstić information content (AvgIpc) is 2.27. The summed E-state index contributed by atoms with van der Waals surface area (Å²) in [5.74, 6) is -0.0119. The summed E-state index contributed by atoms with van der Waals surface area (Å²) in [7, 11) is 0. The Kier molecular flexibility index (Phi) is 4.99. The van der Waals surface area contributed by atoms with Gasteiger partial charge in [0, 0.05) is 13.0 Å². The molecule has 0 radical (unpaired) electrons. The molecule has 0 fully saturated rings. The Morgan fingerprint density at radius 3 is 2.56 bits per heavy atom. The monoisotopic (exact) mass is 221 g/mol. The highest BCUT2D eigenvalue weighted by Crippen LogP contribution is 2.13. The molecule has 0 aliphatic heterocycles. The predicted molar refractivity (Wildman–Crippen MR) is 64.1 cm³/mol. The maximum atomic E-state index is 11.4. The van der Waals surface area contributed by atoms with Gasteiger partial charge in [-0.2, -0.15) is 0 Å². The van der Waals surface area contributed by atoms with Gasteiger partial charge in [0.2, 0.25) is 5.91 Å². The second-order valence-corrected chi connectivity index (χ2v) is 4.03. The third-order valence-electron chi connectivity index (χ3n) is 2.52. The lowest BCUT2D eigenvalue weighted by atomic mass is 10.1. The Hall–Kier alpha value is -1.35. The van der Waals surface area contributed by atoms with E-state index in [0.29, 0.717) is 12.8 Å². The lowest BCUT2D eigenvalue weighted by molar-refractivity contribution is -0.122. The van der Waals surface area contributed by atoms with Gasteiger partial charge in [0.15, 0.2) is 0 Å². The maximum Gasteiger partial charge on any atom is 0.220 e. The minimum absolute atomic E-state index is 0.0119. The highest BCUT2D eigenvalue weighted by Gasteiger charge is 2.08. The first-order valence-corrected chi connectivity index (χ1v) is 5.60. The number of hydrogen-bond acceptors (Lipinski definition) is 2. The van der Waals surface area contributed by atoms with Crippen molar-refractivity contribution in [3.63, 3.8) is 0 Å². The van der Waals surface area contributed by atoms with Crippen molar-refractivity contribution < 1.29 is 9.90 Å². The smallest absolute Gasteiger partial charge is 0.220 e. The van der Waals surface area contributed by atoms with E-state index in [4.69, 9.17) is 5.11 Å². The largest absolute Gasteiger partial charge is 0.396 e. The fraction of sp³-hybridized carbons (Fsp3) is 0.462. The van der Waals surface area contributed by atoms with Gasteiger partial charge in [-0.3, -0.25) is 4.79 Å². The Balaban J connectivity index is 2.48. The summed E-state index contributed by atoms with van der Waals surface area (Å²) in [6.45, 7) is 4.06. The fourth-order valence-electron chi connectivity index (χ4n) is 1.49. The number of carbonyl (C=O) groups excluding carboxylic acids is 1. The summed E-state index contributed by atoms with van der Waals surface area (Å²) in [5, 5.41) is 11.5. The number of rotatable bonds is 5. The van der Waals surface area contributed by atoms with Crippen LogP contribution in [0, 0.1) is 6.92 Å². The van der Waals surface area contributed by atoms with Crippen LogP contribution in [0.25, 0.3) is 0 Å². The molecule has 1 rings (SSSR count). The van der Waals surface area contributed by atoms with Crippen LogP contribution >= 0.6 is 0 Å². The van der Waals surface area contributed by atoms with Crippen LogP contribution < -0.4 is 5.32 Å². The average molecular weight is 221 g/mol. The highest BCUT2D eigenvalue weighted by atomic mass is 16.3. The van der Waals surface area contributed by atoms with E-state index < -0.39 is 0 Å². The summed E-state index contributed by atoms with van der Waals surface area (Å²) in [5.41, 5.74) is 2.31. The van der Waals surface area contributed by atoms with E-state index in [1.807, 2.05) is 38.1 Å². The van der Waals surface area contributed by atoms with Crippen molar-refractivity contribution in [3.05, 3.63) is 35.4 Å². The molecule has 0 spiro atoms. The molecule has 0 heterocycles. The molecule has 0 unspecified atom stereocenters. The molecule has 1 aromatic rings. The summed E-state index contributed by atoms with van der Waals surface area (Å²) in [6, 6.07) is 8.13. The van der Waals surface area contributed by atoms with Crippen LogP contribution in [0.1, 0.15) is 36.9 Å². The predicted octanol–water partition coefficient (Wildman–Crippen LogP) is 1.94. The summed E-state index contributed by atoms with van der Waals surface area (Å²) in [4.78, 5) is 11.4. The van der Waals surface area contributed by atoms with Gasteiger partial charge in [-0.15, -0.1) is 0 Å². The Labute approximate surface area is 96.5 Å². The van der Waals surface area contributed by atoms with Crippen molar-refractivity contribution >= 4 is 5.91 Å². The van der Waals surface area contributed by atoms with Crippen molar-refractivity contribution in [3.8, 4) is 0 Å². The normalized spacial score (nSPS) is 12.2. The second-order valence-electron chi connectivity index (χ2n) is 4.03. The number of aliphatic hydroxyl groups excluding tert-OH is 1. The molecule has 0 saturated heterocycles. The van der Waals surface area contributed by atoms with Crippen molar-refractivity contribution in [2.45, 2.75) is 32.7 Å². The molecule has 3 nitrogen and oxygen atoms in total. The van der Waals surface area contributed by atoms with Crippen LogP contribution in [-0.2, 0) is 4.79 Å². The zero-order valence-corrected chi connectivity index (χ0v) is 9.86. The van der Waals surface area contributed by atoms with Gasteiger partial charge in [0.05, 0.1) is 6.04 Å². The van der Waals surface area contributed by atoms with E-state index in [0.717, 1.165) is 5.56 Å². The molecule has 1 amide bonds. The van der Waals surface area contributed by atoms with Crippen LogP contribution in [-0.4, -0.2) is 17.6 Å². The zero-order valence-electron chi connectivity index (χ0n) is 9.86. The molecule has 0 saturated carbocycles. The molecule has 3 heteroatoms. The molecule has 88 valence electrons. The van der Waals surface area contributed by atoms with Crippen LogP contribution in [0.5, 0.6) is 0 Å². The molecular formula is C13H19NO2.